The maximum absolute atomic E-state index is 12.4. The average Bonchev–Trinajstić information content (AvgIpc) is 2.80. The smallest absolute Gasteiger partial charge is 0.240 e. The van der Waals surface area contributed by atoms with E-state index in [1.54, 1.807) is 0 Å². The number of hydrogen-bond donors (Lipinski definition) is 1. The summed E-state index contributed by atoms with van der Waals surface area (Å²) < 4.78 is 1.94. The molecule has 1 amide bonds. The highest BCUT2D eigenvalue weighted by atomic mass is 16.2. The Labute approximate surface area is 130 Å². The zero-order valence-corrected chi connectivity index (χ0v) is 13.0. The molecular weight excluding hydrogens is 276 g/mol. The fourth-order valence-electron chi connectivity index (χ4n) is 3.47. The van der Waals surface area contributed by atoms with Crippen molar-refractivity contribution in [3.63, 3.8) is 0 Å². The number of benzene rings is 1. The first kappa shape index (κ1) is 14.8. The zero-order chi connectivity index (χ0) is 15.5. The predicted molar refractivity (Wildman–Crippen MR) is 87.1 cm³/mol. The van der Waals surface area contributed by atoms with Gasteiger partial charge in [-0.15, -0.1) is 0 Å². The Hall–Kier alpha value is -2.10. The van der Waals surface area contributed by atoms with E-state index < -0.39 is 0 Å². The van der Waals surface area contributed by atoms with Crippen molar-refractivity contribution in [1.29, 1.82) is 0 Å². The van der Waals surface area contributed by atoms with Gasteiger partial charge >= 0.3 is 0 Å². The number of aldehydes is 1. The van der Waals surface area contributed by atoms with Crippen molar-refractivity contribution in [2.75, 3.05) is 0 Å². The molecule has 1 aromatic carbocycles. The molecule has 1 N–H and O–H groups in total. The minimum Gasteiger partial charge on any atom is -0.352 e. The van der Waals surface area contributed by atoms with E-state index in [-0.39, 0.29) is 12.5 Å². The van der Waals surface area contributed by atoms with Crippen LogP contribution in [0.2, 0.25) is 0 Å². The Bertz CT molecular complexity index is 696. The van der Waals surface area contributed by atoms with Gasteiger partial charge in [0, 0.05) is 28.2 Å². The Kier molecular flexibility index (Phi) is 4.27. The van der Waals surface area contributed by atoms with Gasteiger partial charge in [0.05, 0.1) is 0 Å². The largest absolute Gasteiger partial charge is 0.352 e. The molecule has 2 aromatic rings. The first-order valence-corrected chi connectivity index (χ1v) is 8.03. The lowest BCUT2D eigenvalue weighted by atomic mass is 9.95. The molecule has 1 fully saturated rings. The lowest BCUT2D eigenvalue weighted by Crippen LogP contribution is -2.38. The lowest BCUT2D eigenvalue weighted by molar-refractivity contribution is -0.122. The topological polar surface area (TPSA) is 51.1 Å². The molecule has 1 aliphatic rings. The summed E-state index contributed by atoms with van der Waals surface area (Å²) in [6.45, 7) is 2.17. The molecule has 0 unspecified atom stereocenters. The molecule has 22 heavy (non-hydrogen) atoms. The van der Waals surface area contributed by atoms with Crippen molar-refractivity contribution < 1.29 is 9.59 Å². The first-order chi connectivity index (χ1) is 10.7. The molecule has 116 valence electrons. The molecule has 3 rings (SSSR count). The second kappa shape index (κ2) is 6.34. The fourth-order valence-corrected chi connectivity index (χ4v) is 3.47. The van der Waals surface area contributed by atoms with Crippen molar-refractivity contribution in [3.8, 4) is 0 Å². The van der Waals surface area contributed by atoms with E-state index >= 15 is 0 Å². The second-order valence-corrected chi connectivity index (χ2v) is 6.12. The van der Waals surface area contributed by atoms with Crippen LogP contribution in [0, 0.1) is 6.92 Å². The number of para-hydroxylation sites is 1. The predicted octanol–water partition coefficient (Wildman–Crippen LogP) is 3.21. The van der Waals surface area contributed by atoms with Gasteiger partial charge in [-0.3, -0.25) is 9.59 Å². The summed E-state index contributed by atoms with van der Waals surface area (Å²) in [7, 11) is 0. The molecule has 1 aliphatic carbocycles. The van der Waals surface area contributed by atoms with E-state index in [9.17, 15) is 9.59 Å². The van der Waals surface area contributed by atoms with Crippen molar-refractivity contribution in [2.24, 2.45) is 0 Å². The van der Waals surface area contributed by atoms with Crippen LogP contribution >= 0.6 is 0 Å². The number of fused-ring (bicyclic) bond motifs is 1. The Morgan fingerprint density at radius 2 is 2.00 bits per heavy atom. The van der Waals surface area contributed by atoms with Gasteiger partial charge in [-0.05, 0) is 25.8 Å². The fraction of sp³-hybridized carbons (Fsp3) is 0.444. The molecule has 0 saturated heterocycles. The highest BCUT2D eigenvalue weighted by Gasteiger charge is 2.18. The van der Waals surface area contributed by atoms with Crippen LogP contribution in [0.5, 0.6) is 0 Å². The van der Waals surface area contributed by atoms with Gasteiger partial charge in [-0.1, -0.05) is 37.5 Å². The van der Waals surface area contributed by atoms with Crippen LogP contribution in [-0.4, -0.2) is 22.8 Å². The summed E-state index contributed by atoms with van der Waals surface area (Å²) >= 11 is 0. The van der Waals surface area contributed by atoms with Gasteiger partial charge in [0.25, 0.3) is 0 Å². The summed E-state index contributed by atoms with van der Waals surface area (Å²) in [5, 5.41) is 4.06. The van der Waals surface area contributed by atoms with Gasteiger partial charge in [0.2, 0.25) is 5.91 Å². The molecule has 1 heterocycles. The molecule has 0 radical (unpaired) electrons. The molecule has 0 spiro atoms. The molecule has 0 bridgehead atoms. The van der Waals surface area contributed by atoms with Crippen LogP contribution in [0.15, 0.2) is 24.3 Å². The standard InChI is InChI=1S/C18H22N2O2/c1-13-16(12-21)15-9-5-6-10-17(15)20(13)11-18(22)19-14-7-3-2-4-8-14/h5-6,9-10,12,14H,2-4,7-8,11H2,1H3,(H,19,22). The number of aromatic nitrogens is 1. The van der Waals surface area contributed by atoms with Gasteiger partial charge in [0.15, 0.2) is 6.29 Å². The zero-order valence-electron chi connectivity index (χ0n) is 13.0. The third-order valence-electron chi connectivity index (χ3n) is 4.67. The Morgan fingerprint density at radius 1 is 1.27 bits per heavy atom. The normalized spacial score (nSPS) is 15.9. The second-order valence-electron chi connectivity index (χ2n) is 6.12. The number of rotatable bonds is 4. The summed E-state index contributed by atoms with van der Waals surface area (Å²) in [6, 6.07) is 8.06. The average molecular weight is 298 g/mol. The quantitative estimate of drug-likeness (QED) is 0.881. The number of hydrogen-bond acceptors (Lipinski definition) is 2. The van der Waals surface area contributed by atoms with Crippen LogP contribution < -0.4 is 5.32 Å². The van der Waals surface area contributed by atoms with Gasteiger partial charge in [-0.25, -0.2) is 0 Å². The maximum Gasteiger partial charge on any atom is 0.240 e. The van der Waals surface area contributed by atoms with Gasteiger partial charge in [-0.2, -0.15) is 0 Å². The van der Waals surface area contributed by atoms with E-state index in [1.807, 2.05) is 35.8 Å². The summed E-state index contributed by atoms with van der Waals surface area (Å²) in [5.41, 5.74) is 2.48. The molecule has 0 aliphatic heterocycles. The maximum atomic E-state index is 12.4. The number of nitrogens with one attached hydrogen (secondary N) is 1. The summed E-state index contributed by atoms with van der Waals surface area (Å²) in [5.74, 6) is 0.0354. The van der Waals surface area contributed by atoms with E-state index in [1.165, 1.54) is 19.3 Å². The summed E-state index contributed by atoms with van der Waals surface area (Å²) in [6.07, 6.45) is 6.72. The van der Waals surface area contributed by atoms with Crippen molar-refractivity contribution in [2.45, 2.75) is 51.6 Å². The van der Waals surface area contributed by atoms with E-state index in [2.05, 4.69) is 5.32 Å². The Balaban J connectivity index is 1.82. The monoisotopic (exact) mass is 298 g/mol. The third kappa shape index (κ3) is 2.78. The third-order valence-corrected chi connectivity index (χ3v) is 4.67. The molecule has 4 nitrogen and oxygen atoms in total. The number of carbonyl (C=O) groups is 2. The molecule has 4 heteroatoms. The minimum atomic E-state index is 0.0354. The number of nitrogens with zero attached hydrogens (tertiary/aromatic N) is 1. The minimum absolute atomic E-state index is 0.0354. The Morgan fingerprint density at radius 3 is 2.73 bits per heavy atom. The van der Waals surface area contributed by atoms with Crippen LogP contribution in [0.4, 0.5) is 0 Å². The van der Waals surface area contributed by atoms with Crippen LogP contribution in [-0.2, 0) is 11.3 Å². The molecule has 1 saturated carbocycles. The van der Waals surface area contributed by atoms with Gasteiger partial charge in [0.1, 0.15) is 6.54 Å². The molecule has 1 aromatic heterocycles. The SMILES string of the molecule is Cc1c(C=O)c2ccccc2n1CC(=O)NC1CCCCC1. The van der Waals surface area contributed by atoms with Crippen molar-refractivity contribution >= 4 is 23.1 Å². The number of amides is 1. The lowest BCUT2D eigenvalue weighted by Gasteiger charge is -2.23. The van der Waals surface area contributed by atoms with Crippen molar-refractivity contribution in [1.82, 2.24) is 9.88 Å². The van der Waals surface area contributed by atoms with E-state index in [0.717, 1.165) is 35.7 Å². The van der Waals surface area contributed by atoms with Crippen molar-refractivity contribution in [3.05, 3.63) is 35.5 Å². The summed E-state index contributed by atoms with van der Waals surface area (Å²) in [4.78, 5) is 23.7. The number of carbonyl (C=O) groups excluding carboxylic acids is 2. The van der Waals surface area contributed by atoms with Gasteiger partial charge < -0.3 is 9.88 Å². The van der Waals surface area contributed by atoms with Crippen LogP contribution in [0.1, 0.15) is 48.2 Å². The molecular formula is C18H22N2O2. The highest BCUT2D eigenvalue weighted by Crippen LogP contribution is 2.24. The molecule has 0 atom stereocenters. The van der Waals surface area contributed by atoms with Crippen LogP contribution in [0.25, 0.3) is 10.9 Å². The highest BCUT2D eigenvalue weighted by molar-refractivity contribution is 5.99. The van der Waals surface area contributed by atoms with Crippen LogP contribution in [0.3, 0.4) is 0 Å². The van der Waals surface area contributed by atoms with E-state index in [0.29, 0.717) is 11.6 Å². The van der Waals surface area contributed by atoms with E-state index in [4.69, 9.17) is 0 Å². The first-order valence-electron chi connectivity index (χ1n) is 8.03.